The van der Waals surface area contributed by atoms with Crippen molar-refractivity contribution in [3.05, 3.63) is 58.6 Å². The standard InChI is InChI=1S/C21H28ClNO2/c1-3-4-5-6-12-23-15-17-10-11-20(21(14-17)24-2)25-16-18-8-7-9-19(22)13-18/h7-11,13-14,23H,3-6,12,15-16H2,1-2H3. The molecule has 0 aromatic heterocycles. The van der Waals surface area contributed by atoms with Crippen LogP contribution in [-0.4, -0.2) is 13.7 Å². The smallest absolute Gasteiger partial charge is 0.161 e. The molecule has 3 nitrogen and oxygen atoms in total. The number of methoxy groups -OCH3 is 1. The van der Waals surface area contributed by atoms with Crippen molar-refractivity contribution in [1.82, 2.24) is 5.32 Å². The fourth-order valence-corrected chi connectivity index (χ4v) is 2.85. The third-order valence-corrected chi connectivity index (χ3v) is 4.28. The predicted octanol–water partition coefficient (Wildman–Crippen LogP) is 5.60. The maximum atomic E-state index is 6.01. The van der Waals surface area contributed by atoms with Crippen LogP contribution in [0.3, 0.4) is 0 Å². The molecule has 0 aliphatic carbocycles. The molecule has 136 valence electrons. The molecule has 0 aliphatic heterocycles. The Bertz CT molecular complexity index is 646. The van der Waals surface area contributed by atoms with E-state index in [0.29, 0.717) is 11.6 Å². The fraction of sp³-hybridized carbons (Fsp3) is 0.429. The van der Waals surface area contributed by atoms with Crippen molar-refractivity contribution in [3.8, 4) is 11.5 Å². The zero-order valence-electron chi connectivity index (χ0n) is 15.2. The van der Waals surface area contributed by atoms with Crippen LogP contribution in [0.25, 0.3) is 0 Å². The number of benzene rings is 2. The normalized spacial score (nSPS) is 10.7. The summed E-state index contributed by atoms with van der Waals surface area (Å²) in [7, 11) is 1.67. The first kappa shape index (κ1) is 19.6. The Hall–Kier alpha value is -1.71. The van der Waals surface area contributed by atoms with E-state index in [1.54, 1.807) is 7.11 Å². The highest BCUT2D eigenvalue weighted by Crippen LogP contribution is 2.29. The Kier molecular flexibility index (Phi) is 8.64. The molecule has 0 spiro atoms. The summed E-state index contributed by atoms with van der Waals surface area (Å²) in [4.78, 5) is 0. The first-order valence-electron chi connectivity index (χ1n) is 8.97. The lowest BCUT2D eigenvalue weighted by Gasteiger charge is -2.13. The van der Waals surface area contributed by atoms with E-state index >= 15 is 0 Å². The molecule has 2 aromatic carbocycles. The monoisotopic (exact) mass is 361 g/mol. The first-order chi connectivity index (χ1) is 12.2. The number of hydrogen-bond acceptors (Lipinski definition) is 3. The molecule has 0 saturated heterocycles. The zero-order chi connectivity index (χ0) is 17.9. The molecule has 2 aromatic rings. The van der Waals surface area contributed by atoms with Crippen LogP contribution in [0.5, 0.6) is 11.5 Å². The van der Waals surface area contributed by atoms with E-state index in [2.05, 4.69) is 18.3 Å². The van der Waals surface area contributed by atoms with Gasteiger partial charge in [-0.15, -0.1) is 0 Å². The van der Waals surface area contributed by atoms with Crippen molar-refractivity contribution in [2.24, 2.45) is 0 Å². The molecule has 0 saturated carbocycles. The highest BCUT2D eigenvalue weighted by atomic mass is 35.5. The lowest BCUT2D eigenvalue weighted by Crippen LogP contribution is -2.14. The van der Waals surface area contributed by atoms with Gasteiger partial charge >= 0.3 is 0 Å². The summed E-state index contributed by atoms with van der Waals surface area (Å²) in [6.07, 6.45) is 5.11. The summed E-state index contributed by atoms with van der Waals surface area (Å²) < 4.78 is 11.4. The molecule has 0 bridgehead atoms. The number of hydrogen-bond donors (Lipinski definition) is 1. The van der Waals surface area contributed by atoms with Crippen LogP contribution in [0.2, 0.25) is 5.02 Å². The van der Waals surface area contributed by atoms with E-state index in [-0.39, 0.29) is 0 Å². The Morgan fingerprint density at radius 2 is 1.84 bits per heavy atom. The Morgan fingerprint density at radius 1 is 0.960 bits per heavy atom. The Balaban J connectivity index is 1.85. The molecule has 25 heavy (non-hydrogen) atoms. The van der Waals surface area contributed by atoms with Crippen molar-refractivity contribution in [3.63, 3.8) is 0 Å². The fourth-order valence-electron chi connectivity index (χ4n) is 2.64. The number of halogens is 1. The van der Waals surface area contributed by atoms with E-state index in [0.717, 1.165) is 30.2 Å². The molecule has 2 rings (SSSR count). The second kappa shape index (κ2) is 11.0. The SMILES string of the molecule is CCCCCCNCc1ccc(OCc2cccc(Cl)c2)c(OC)c1. The van der Waals surface area contributed by atoms with E-state index < -0.39 is 0 Å². The predicted molar refractivity (Wildman–Crippen MR) is 105 cm³/mol. The lowest BCUT2D eigenvalue weighted by molar-refractivity contribution is 0.284. The molecular formula is C21H28ClNO2. The van der Waals surface area contributed by atoms with Gasteiger partial charge in [0, 0.05) is 11.6 Å². The van der Waals surface area contributed by atoms with Crippen LogP contribution in [0, 0.1) is 0 Å². The highest BCUT2D eigenvalue weighted by molar-refractivity contribution is 6.30. The molecule has 0 unspecified atom stereocenters. The lowest BCUT2D eigenvalue weighted by atomic mass is 10.2. The minimum Gasteiger partial charge on any atom is -0.493 e. The maximum Gasteiger partial charge on any atom is 0.161 e. The molecule has 0 heterocycles. The van der Waals surface area contributed by atoms with E-state index in [4.69, 9.17) is 21.1 Å². The van der Waals surface area contributed by atoms with Gasteiger partial charge < -0.3 is 14.8 Å². The molecule has 0 atom stereocenters. The van der Waals surface area contributed by atoms with Crippen LogP contribution < -0.4 is 14.8 Å². The maximum absolute atomic E-state index is 6.01. The van der Waals surface area contributed by atoms with Crippen LogP contribution in [0.1, 0.15) is 43.7 Å². The molecule has 0 amide bonds. The van der Waals surface area contributed by atoms with Gasteiger partial charge in [0.25, 0.3) is 0 Å². The summed E-state index contributed by atoms with van der Waals surface area (Å²) in [5.41, 5.74) is 2.23. The number of ether oxygens (including phenoxy) is 2. The largest absolute Gasteiger partial charge is 0.493 e. The van der Waals surface area contributed by atoms with Gasteiger partial charge in [-0.25, -0.2) is 0 Å². The van der Waals surface area contributed by atoms with E-state index in [1.807, 2.05) is 36.4 Å². The van der Waals surface area contributed by atoms with Gasteiger partial charge in [0.05, 0.1) is 7.11 Å². The highest BCUT2D eigenvalue weighted by Gasteiger charge is 2.06. The average molecular weight is 362 g/mol. The first-order valence-corrected chi connectivity index (χ1v) is 9.35. The third kappa shape index (κ3) is 6.97. The molecule has 1 N–H and O–H groups in total. The van der Waals surface area contributed by atoms with E-state index in [1.165, 1.54) is 31.2 Å². The van der Waals surface area contributed by atoms with Crippen LogP contribution in [0.15, 0.2) is 42.5 Å². The Morgan fingerprint density at radius 3 is 2.60 bits per heavy atom. The topological polar surface area (TPSA) is 30.5 Å². The van der Waals surface area contributed by atoms with Crippen LogP contribution in [0.4, 0.5) is 0 Å². The summed E-state index contributed by atoms with van der Waals surface area (Å²) >= 11 is 6.01. The van der Waals surface area contributed by atoms with Gasteiger partial charge in [-0.3, -0.25) is 0 Å². The van der Waals surface area contributed by atoms with Crippen molar-refractivity contribution >= 4 is 11.6 Å². The summed E-state index contributed by atoms with van der Waals surface area (Å²) in [5.74, 6) is 1.50. The minimum absolute atomic E-state index is 0.464. The summed E-state index contributed by atoms with van der Waals surface area (Å²) in [6.45, 7) is 4.59. The van der Waals surface area contributed by atoms with Crippen molar-refractivity contribution < 1.29 is 9.47 Å². The second-order valence-corrected chi connectivity index (χ2v) is 6.58. The van der Waals surface area contributed by atoms with Gasteiger partial charge in [0.15, 0.2) is 11.5 Å². The summed E-state index contributed by atoms with van der Waals surface area (Å²) in [6, 6.07) is 13.8. The van der Waals surface area contributed by atoms with E-state index in [9.17, 15) is 0 Å². The Labute approximate surface area is 156 Å². The minimum atomic E-state index is 0.464. The third-order valence-electron chi connectivity index (χ3n) is 4.05. The van der Waals surface area contributed by atoms with Crippen molar-refractivity contribution in [2.45, 2.75) is 45.8 Å². The zero-order valence-corrected chi connectivity index (χ0v) is 15.9. The molecule has 0 fully saturated rings. The number of nitrogens with one attached hydrogen (secondary N) is 1. The molecule has 0 aliphatic rings. The molecular weight excluding hydrogens is 334 g/mol. The molecule has 0 radical (unpaired) electrons. The molecule has 4 heteroatoms. The quantitative estimate of drug-likeness (QED) is 0.528. The summed E-state index contributed by atoms with van der Waals surface area (Å²) in [5, 5.41) is 4.20. The van der Waals surface area contributed by atoms with Gasteiger partial charge in [0.2, 0.25) is 0 Å². The number of unbranched alkanes of at least 4 members (excludes halogenated alkanes) is 3. The van der Waals surface area contributed by atoms with Gasteiger partial charge in [-0.1, -0.05) is 56.0 Å². The van der Waals surface area contributed by atoms with Gasteiger partial charge in [-0.05, 0) is 48.4 Å². The van der Waals surface area contributed by atoms with Gasteiger partial charge in [0.1, 0.15) is 6.61 Å². The number of rotatable bonds is 11. The second-order valence-electron chi connectivity index (χ2n) is 6.14. The van der Waals surface area contributed by atoms with Crippen LogP contribution >= 0.6 is 11.6 Å². The van der Waals surface area contributed by atoms with Gasteiger partial charge in [-0.2, -0.15) is 0 Å². The van der Waals surface area contributed by atoms with Crippen molar-refractivity contribution in [1.29, 1.82) is 0 Å². The van der Waals surface area contributed by atoms with Crippen LogP contribution in [-0.2, 0) is 13.2 Å². The van der Waals surface area contributed by atoms with Crippen molar-refractivity contribution in [2.75, 3.05) is 13.7 Å². The average Bonchev–Trinajstić information content (AvgIpc) is 2.63.